The standard InChI is InChI=1S/C32H49N7O11S/c1-17(40)26(38-27(44)20(34)15-18-7-9-19(41)10-8-18)30(47)37-23(16-51)29(46)35-21(5-2-3-13-33)28(45)36-22(11-12-25(42)43)31(48)39-14-4-6-24(39)32(49)50/h7-10,17,20-24,26,40-41,51H,2-6,11-16,33-34H2,1H3,(H,35,46)(H,36,45)(H,37,47)(H,38,44)(H,42,43)(H,49,50)/t17-,20+,21+,22+,23+,24+,26+/m1/s1. The van der Waals surface area contributed by atoms with Gasteiger partial charge in [-0.3, -0.25) is 28.8 Å². The summed E-state index contributed by atoms with van der Waals surface area (Å²) in [6.45, 7) is 1.62. The van der Waals surface area contributed by atoms with Crippen molar-refractivity contribution in [3.8, 4) is 5.75 Å². The number of amides is 5. The Morgan fingerprint density at radius 3 is 2.06 bits per heavy atom. The van der Waals surface area contributed by atoms with Crippen molar-refractivity contribution in [2.45, 2.75) is 101 Å². The van der Waals surface area contributed by atoms with Gasteiger partial charge in [0.25, 0.3) is 0 Å². The third-order valence-electron chi connectivity index (χ3n) is 8.27. The summed E-state index contributed by atoms with van der Waals surface area (Å²) in [4.78, 5) is 90.4. The lowest BCUT2D eigenvalue weighted by Gasteiger charge is -2.29. The molecule has 1 fully saturated rings. The molecule has 1 heterocycles. The number of carbonyl (C=O) groups excluding carboxylic acids is 5. The van der Waals surface area contributed by atoms with Gasteiger partial charge in [0.05, 0.1) is 12.1 Å². The molecule has 0 radical (unpaired) electrons. The van der Waals surface area contributed by atoms with Crippen molar-refractivity contribution < 1.29 is 54.0 Å². The number of carboxylic acid groups (broad SMARTS) is 2. The Kier molecular flexibility index (Phi) is 17.6. The van der Waals surface area contributed by atoms with E-state index in [0.717, 1.165) is 4.90 Å². The van der Waals surface area contributed by atoms with E-state index in [9.17, 15) is 54.0 Å². The fourth-order valence-electron chi connectivity index (χ4n) is 5.42. The van der Waals surface area contributed by atoms with Crippen LogP contribution in [0.2, 0.25) is 0 Å². The summed E-state index contributed by atoms with van der Waals surface area (Å²) < 4.78 is 0. The van der Waals surface area contributed by atoms with Gasteiger partial charge in [0.15, 0.2) is 0 Å². The summed E-state index contributed by atoms with van der Waals surface area (Å²) in [5, 5.41) is 48.3. The molecule has 5 amide bonds. The number of benzene rings is 1. The summed E-state index contributed by atoms with van der Waals surface area (Å²) in [6, 6.07) is -1.90. The topological polar surface area (TPSA) is 304 Å². The third kappa shape index (κ3) is 13.6. The maximum atomic E-state index is 13.5. The number of nitrogens with two attached hydrogens (primary N) is 2. The maximum Gasteiger partial charge on any atom is 0.326 e. The molecule has 0 unspecified atom stereocenters. The van der Waals surface area contributed by atoms with Crippen molar-refractivity contribution in [2.75, 3.05) is 18.8 Å². The minimum absolute atomic E-state index is 0.0242. The van der Waals surface area contributed by atoms with Gasteiger partial charge in [0.1, 0.15) is 36.0 Å². The van der Waals surface area contributed by atoms with E-state index in [1.807, 2.05) is 0 Å². The number of carboxylic acids is 2. The first kappa shape index (κ1) is 42.7. The Morgan fingerprint density at radius 2 is 1.49 bits per heavy atom. The molecule has 1 aliphatic rings. The lowest BCUT2D eigenvalue weighted by molar-refractivity contribution is -0.150. The van der Waals surface area contributed by atoms with E-state index >= 15 is 0 Å². The van der Waals surface area contributed by atoms with Crippen LogP contribution in [0.4, 0.5) is 0 Å². The summed E-state index contributed by atoms with van der Waals surface area (Å²) in [5.74, 6) is -6.95. The quantitative estimate of drug-likeness (QED) is 0.0463. The maximum absolute atomic E-state index is 13.5. The van der Waals surface area contributed by atoms with Crippen molar-refractivity contribution >= 4 is 54.1 Å². The zero-order chi connectivity index (χ0) is 38.2. The van der Waals surface area contributed by atoms with Crippen LogP contribution in [-0.2, 0) is 40.0 Å². The zero-order valence-corrected chi connectivity index (χ0v) is 29.2. The number of aromatic hydroxyl groups is 1. The fraction of sp³-hybridized carbons (Fsp3) is 0.594. The second kappa shape index (κ2) is 21.0. The summed E-state index contributed by atoms with van der Waals surface area (Å²) in [7, 11) is 0. The number of rotatable bonds is 21. The Labute approximate surface area is 300 Å². The molecule has 1 saturated heterocycles. The smallest absolute Gasteiger partial charge is 0.326 e. The molecule has 0 spiro atoms. The predicted molar refractivity (Wildman–Crippen MR) is 185 cm³/mol. The largest absolute Gasteiger partial charge is 0.508 e. The van der Waals surface area contributed by atoms with Gasteiger partial charge in [0, 0.05) is 18.7 Å². The number of aliphatic carboxylic acids is 2. The van der Waals surface area contributed by atoms with E-state index in [-0.39, 0.29) is 50.3 Å². The number of unbranched alkanes of at least 4 members (excludes halogenated alkanes) is 1. The third-order valence-corrected chi connectivity index (χ3v) is 8.63. The van der Waals surface area contributed by atoms with Gasteiger partial charge in [0.2, 0.25) is 29.5 Å². The highest BCUT2D eigenvalue weighted by molar-refractivity contribution is 7.80. The first-order valence-electron chi connectivity index (χ1n) is 16.6. The van der Waals surface area contributed by atoms with E-state index in [2.05, 4.69) is 33.9 Å². The SMILES string of the molecule is C[C@@H](O)[C@H](NC(=O)[C@@H](N)Cc1ccc(O)cc1)C(=O)N[C@@H](CS)C(=O)N[C@@H](CCCCN)C(=O)N[C@@H](CCC(=O)O)C(=O)N1CCC[C@H]1C(=O)O. The van der Waals surface area contributed by atoms with Crippen LogP contribution in [0.25, 0.3) is 0 Å². The number of likely N-dealkylation sites (tertiary alicyclic amines) is 1. The normalized spacial score (nSPS) is 17.6. The van der Waals surface area contributed by atoms with E-state index in [0.29, 0.717) is 24.8 Å². The number of carbonyl (C=O) groups is 7. The van der Waals surface area contributed by atoms with Gasteiger partial charge in [-0.1, -0.05) is 12.1 Å². The molecule has 18 nitrogen and oxygen atoms in total. The molecule has 0 saturated carbocycles. The van der Waals surface area contributed by atoms with Gasteiger partial charge < -0.3 is 58.1 Å². The number of aliphatic hydroxyl groups is 1. The second-order valence-corrected chi connectivity index (χ2v) is 12.7. The minimum Gasteiger partial charge on any atom is -0.508 e. The highest BCUT2D eigenvalue weighted by atomic mass is 32.1. The molecule has 0 aliphatic carbocycles. The Hall–Kier alpha value is -4.46. The molecule has 2 rings (SSSR count). The van der Waals surface area contributed by atoms with Crippen LogP contribution in [0.3, 0.4) is 0 Å². The molecule has 7 atom stereocenters. The Balaban J connectivity index is 2.17. The van der Waals surface area contributed by atoms with E-state index in [4.69, 9.17) is 11.5 Å². The Morgan fingerprint density at radius 1 is 0.882 bits per heavy atom. The number of phenols is 1. The number of thiol groups is 1. The number of nitrogens with one attached hydrogen (secondary N) is 4. The van der Waals surface area contributed by atoms with Crippen molar-refractivity contribution in [1.82, 2.24) is 26.2 Å². The molecule has 1 aliphatic heterocycles. The highest BCUT2D eigenvalue weighted by Gasteiger charge is 2.39. The molecule has 1 aromatic carbocycles. The van der Waals surface area contributed by atoms with Crippen LogP contribution < -0.4 is 32.7 Å². The van der Waals surface area contributed by atoms with Crippen molar-refractivity contribution in [1.29, 1.82) is 0 Å². The lowest BCUT2D eigenvalue weighted by atomic mass is 10.0. The number of hydrogen-bond acceptors (Lipinski definition) is 12. The number of aliphatic hydroxyl groups excluding tert-OH is 1. The molecule has 12 N–H and O–H groups in total. The van der Waals surface area contributed by atoms with Crippen LogP contribution in [0.5, 0.6) is 5.75 Å². The Bertz CT molecular complexity index is 1380. The van der Waals surface area contributed by atoms with Crippen LogP contribution in [0.1, 0.15) is 57.4 Å². The predicted octanol–water partition coefficient (Wildman–Crippen LogP) is -2.42. The molecule has 19 heteroatoms. The van der Waals surface area contributed by atoms with Crippen molar-refractivity contribution in [3.63, 3.8) is 0 Å². The summed E-state index contributed by atoms with van der Waals surface area (Å²) >= 11 is 4.14. The first-order chi connectivity index (χ1) is 24.1. The van der Waals surface area contributed by atoms with E-state index in [1.54, 1.807) is 12.1 Å². The van der Waals surface area contributed by atoms with Gasteiger partial charge >= 0.3 is 11.9 Å². The van der Waals surface area contributed by atoms with Crippen LogP contribution in [-0.4, -0.2) is 128 Å². The summed E-state index contributed by atoms with van der Waals surface area (Å²) in [5.41, 5.74) is 12.2. The number of nitrogens with zero attached hydrogens (tertiary/aromatic N) is 1. The van der Waals surface area contributed by atoms with E-state index < -0.39 is 90.3 Å². The second-order valence-electron chi connectivity index (χ2n) is 12.3. The van der Waals surface area contributed by atoms with Gasteiger partial charge in [-0.2, -0.15) is 12.6 Å². The van der Waals surface area contributed by atoms with Crippen molar-refractivity contribution in [2.24, 2.45) is 11.5 Å². The van der Waals surface area contributed by atoms with Gasteiger partial charge in [-0.25, -0.2) is 4.79 Å². The fourth-order valence-corrected chi connectivity index (χ4v) is 5.68. The number of phenolic OH excluding ortho intramolecular Hbond substituents is 1. The van der Waals surface area contributed by atoms with E-state index in [1.165, 1.54) is 19.1 Å². The van der Waals surface area contributed by atoms with Crippen molar-refractivity contribution in [3.05, 3.63) is 29.8 Å². The minimum atomic E-state index is -1.54. The molecule has 1 aromatic rings. The average molecular weight is 740 g/mol. The molecule has 0 bridgehead atoms. The zero-order valence-electron chi connectivity index (χ0n) is 28.3. The van der Waals surface area contributed by atoms with Crippen LogP contribution in [0.15, 0.2) is 24.3 Å². The molecule has 0 aromatic heterocycles. The molecular weight excluding hydrogens is 690 g/mol. The first-order valence-corrected chi connectivity index (χ1v) is 17.2. The number of hydrogen-bond donors (Lipinski definition) is 11. The van der Waals surface area contributed by atoms with Crippen LogP contribution >= 0.6 is 12.6 Å². The molecule has 284 valence electrons. The molecule has 51 heavy (non-hydrogen) atoms. The highest BCUT2D eigenvalue weighted by Crippen LogP contribution is 2.20. The summed E-state index contributed by atoms with van der Waals surface area (Å²) in [6.07, 6.45) is -0.767. The molecular formula is C32H49N7O11S. The lowest BCUT2D eigenvalue weighted by Crippen LogP contribution is -2.61. The monoisotopic (exact) mass is 739 g/mol. The average Bonchev–Trinajstić information content (AvgIpc) is 3.58. The van der Waals surface area contributed by atoms with Crippen LogP contribution in [0, 0.1) is 0 Å². The van der Waals surface area contributed by atoms with Gasteiger partial charge in [-0.15, -0.1) is 0 Å². The van der Waals surface area contributed by atoms with Gasteiger partial charge in [-0.05, 0) is 76.1 Å².